The summed E-state index contributed by atoms with van der Waals surface area (Å²) in [6.45, 7) is 1.62. The number of nitrogens with one attached hydrogen (secondary N) is 2. The van der Waals surface area contributed by atoms with Crippen molar-refractivity contribution in [2.45, 2.75) is 25.5 Å². The molecule has 0 bridgehead atoms. The van der Waals surface area contributed by atoms with Crippen LogP contribution in [0.1, 0.15) is 13.3 Å². The third-order valence-electron chi connectivity index (χ3n) is 2.98. The number of rotatable bonds is 5. The van der Waals surface area contributed by atoms with Gasteiger partial charge in [0.25, 0.3) is 5.91 Å². The van der Waals surface area contributed by atoms with Gasteiger partial charge in [-0.2, -0.15) is 0 Å². The normalized spacial score (nSPS) is 19.1. The van der Waals surface area contributed by atoms with Gasteiger partial charge in [0.15, 0.2) is 6.10 Å². The van der Waals surface area contributed by atoms with Gasteiger partial charge in [0.2, 0.25) is 0 Å². The van der Waals surface area contributed by atoms with Crippen LogP contribution in [0.3, 0.4) is 0 Å². The van der Waals surface area contributed by atoms with Gasteiger partial charge in [-0.05, 0) is 31.5 Å². The van der Waals surface area contributed by atoms with Gasteiger partial charge in [-0.25, -0.2) is 0 Å². The van der Waals surface area contributed by atoms with Crippen molar-refractivity contribution in [3.63, 3.8) is 0 Å². The number of fused-ring (bicyclic) bond motifs is 1. The molecule has 4 N–H and O–H groups in total. The van der Waals surface area contributed by atoms with E-state index >= 15 is 0 Å². The van der Waals surface area contributed by atoms with Crippen molar-refractivity contribution in [3.8, 4) is 5.75 Å². The van der Waals surface area contributed by atoms with Crippen LogP contribution in [0.25, 0.3) is 0 Å². The summed E-state index contributed by atoms with van der Waals surface area (Å²) >= 11 is 0. The molecule has 0 saturated carbocycles. The van der Waals surface area contributed by atoms with Gasteiger partial charge in [0, 0.05) is 12.3 Å². The van der Waals surface area contributed by atoms with Crippen molar-refractivity contribution in [1.82, 2.24) is 0 Å². The molecule has 2 rings (SSSR count). The summed E-state index contributed by atoms with van der Waals surface area (Å²) in [6.07, 6.45) is -0.0427. The molecule has 1 aliphatic heterocycles. The second-order valence-electron chi connectivity index (χ2n) is 4.50. The van der Waals surface area contributed by atoms with Crippen molar-refractivity contribution in [2.24, 2.45) is 0 Å². The van der Waals surface area contributed by atoms with Crippen molar-refractivity contribution in [3.05, 3.63) is 18.2 Å². The minimum atomic E-state index is -0.495. The Hall–Kier alpha value is -1.79. The maximum atomic E-state index is 11.5. The van der Waals surface area contributed by atoms with E-state index in [2.05, 4.69) is 10.6 Å². The molecule has 2 atom stereocenters. The minimum absolute atomic E-state index is 0.000525. The molecule has 0 radical (unpaired) electrons. The van der Waals surface area contributed by atoms with Gasteiger partial charge in [-0.15, -0.1) is 0 Å². The van der Waals surface area contributed by atoms with Crippen LogP contribution in [-0.2, 0) is 4.79 Å². The van der Waals surface area contributed by atoms with Crippen LogP contribution in [0.5, 0.6) is 5.75 Å². The molecule has 2 unspecified atom stereocenters. The Morgan fingerprint density at radius 2 is 2.26 bits per heavy atom. The second-order valence-corrected chi connectivity index (χ2v) is 4.50. The van der Waals surface area contributed by atoms with Gasteiger partial charge in [-0.3, -0.25) is 4.79 Å². The quantitative estimate of drug-likeness (QED) is 0.625. The van der Waals surface area contributed by atoms with Crippen molar-refractivity contribution < 1.29 is 19.7 Å². The number of aliphatic hydroxyl groups excluding tert-OH is 2. The van der Waals surface area contributed by atoms with E-state index in [1.54, 1.807) is 19.1 Å². The molecule has 0 spiro atoms. The molecular formula is C13H18N2O4. The lowest BCUT2D eigenvalue weighted by Gasteiger charge is -2.24. The van der Waals surface area contributed by atoms with E-state index in [0.29, 0.717) is 17.9 Å². The number of benzene rings is 1. The zero-order valence-corrected chi connectivity index (χ0v) is 10.7. The Labute approximate surface area is 111 Å². The second kappa shape index (κ2) is 5.90. The molecule has 1 aliphatic rings. The van der Waals surface area contributed by atoms with Crippen molar-refractivity contribution in [1.29, 1.82) is 0 Å². The van der Waals surface area contributed by atoms with Crippen LogP contribution >= 0.6 is 0 Å². The highest BCUT2D eigenvalue weighted by Crippen LogP contribution is 2.32. The number of carbonyl (C=O) groups is 1. The summed E-state index contributed by atoms with van der Waals surface area (Å²) < 4.78 is 5.45. The predicted molar refractivity (Wildman–Crippen MR) is 71.4 cm³/mol. The van der Waals surface area contributed by atoms with Gasteiger partial charge in [0.1, 0.15) is 5.75 Å². The standard InChI is InChI=1S/C13H18N2O4/c1-8-13(18)15-11-6-9(2-3-12(11)19-8)14-10(7-17)4-5-16/h2-3,6,8,10,14,16-17H,4-5,7H2,1H3,(H,15,18). The lowest BCUT2D eigenvalue weighted by atomic mass is 10.1. The molecule has 0 aliphatic carbocycles. The number of amides is 1. The molecule has 104 valence electrons. The smallest absolute Gasteiger partial charge is 0.265 e. The SMILES string of the molecule is CC1Oc2ccc(NC(CO)CCO)cc2NC1=O. The minimum Gasteiger partial charge on any atom is -0.479 e. The lowest BCUT2D eigenvalue weighted by Crippen LogP contribution is -2.34. The Bertz CT molecular complexity index is 464. The van der Waals surface area contributed by atoms with Gasteiger partial charge in [-0.1, -0.05) is 0 Å². The van der Waals surface area contributed by atoms with E-state index < -0.39 is 6.10 Å². The largest absolute Gasteiger partial charge is 0.479 e. The summed E-state index contributed by atoms with van der Waals surface area (Å²) in [4.78, 5) is 11.5. The molecule has 6 nitrogen and oxygen atoms in total. The average Bonchev–Trinajstić information content (AvgIpc) is 2.40. The number of anilines is 2. The van der Waals surface area contributed by atoms with E-state index in [0.717, 1.165) is 5.69 Å². The van der Waals surface area contributed by atoms with E-state index in [9.17, 15) is 4.79 Å². The van der Waals surface area contributed by atoms with E-state index in [4.69, 9.17) is 14.9 Å². The van der Waals surface area contributed by atoms with Crippen LogP contribution in [0, 0.1) is 0 Å². The number of hydrogen-bond acceptors (Lipinski definition) is 5. The zero-order valence-electron chi connectivity index (χ0n) is 10.7. The summed E-state index contributed by atoms with van der Waals surface area (Å²) in [5.41, 5.74) is 1.36. The van der Waals surface area contributed by atoms with E-state index in [-0.39, 0.29) is 25.2 Å². The monoisotopic (exact) mass is 266 g/mol. The molecule has 0 aromatic heterocycles. The molecule has 1 aromatic carbocycles. The van der Waals surface area contributed by atoms with Crippen LogP contribution < -0.4 is 15.4 Å². The lowest BCUT2D eigenvalue weighted by molar-refractivity contribution is -0.122. The van der Waals surface area contributed by atoms with Gasteiger partial charge in [0.05, 0.1) is 18.3 Å². The molecule has 0 saturated heterocycles. The molecule has 0 fully saturated rings. The number of hydrogen-bond donors (Lipinski definition) is 4. The summed E-state index contributed by atoms with van der Waals surface area (Å²) in [7, 11) is 0. The molecule has 1 heterocycles. The maximum Gasteiger partial charge on any atom is 0.265 e. The summed E-state index contributed by atoms with van der Waals surface area (Å²) in [5, 5.41) is 23.9. The first-order chi connectivity index (χ1) is 9.13. The average molecular weight is 266 g/mol. The van der Waals surface area contributed by atoms with Gasteiger partial charge >= 0.3 is 0 Å². The van der Waals surface area contributed by atoms with E-state index in [1.807, 2.05) is 6.07 Å². The topological polar surface area (TPSA) is 90.8 Å². The highest BCUT2D eigenvalue weighted by Gasteiger charge is 2.23. The number of ether oxygens (including phenoxy) is 1. The fourth-order valence-corrected chi connectivity index (χ4v) is 1.90. The molecule has 6 heteroatoms. The maximum absolute atomic E-state index is 11.5. The van der Waals surface area contributed by atoms with Crippen molar-refractivity contribution >= 4 is 17.3 Å². The highest BCUT2D eigenvalue weighted by atomic mass is 16.5. The first-order valence-electron chi connectivity index (χ1n) is 6.24. The first kappa shape index (κ1) is 13.6. The fourth-order valence-electron chi connectivity index (χ4n) is 1.90. The number of aliphatic hydroxyl groups is 2. The summed E-state index contributed by atoms with van der Waals surface area (Å²) in [5.74, 6) is 0.444. The third kappa shape index (κ3) is 3.15. The Balaban J connectivity index is 2.12. The first-order valence-corrected chi connectivity index (χ1v) is 6.24. The zero-order chi connectivity index (χ0) is 13.8. The molecule has 1 amide bonds. The molecule has 19 heavy (non-hydrogen) atoms. The number of carbonyl (C=O) groups excluding carboxylic acids is 1. The third-order valence-corrected chi connectivity index (χ3v) is 2.98. The Morgan fingerprint density at radius 1 is 1.47 bits per heavy atom. The van der Waals surface area contributed by atoms with Crippen molar-refractivity contribution in [2.75, 3.05) is 23.8 Å². The van der Waals surface area contributed by atoms with Crippen LogP contribution in [0.4, 0.5) is 11.4 Å². The Morgan fingerprint density at radius 3 is 2.95 bits per heavy atom. The van der Waals surface area contributed by atoms with Gasteiger partial charge < -0.3 is 25.6 Å². The van der Waals surface area contributed by atoms with Crippen LogP contribution in [-0.4, -0.2) is 41.5 Å². The fraction of sp³-hybridized carbons (Fsp3) is 0.462. The van der Waals surface area contributed by atoms with E-state index in [1.165, 1.54) is 0 Å². The van der Waals surface area contributed by atoms with Crippen LogP contribution in [0.2, 0.25) is 0 Å². The predicted octanol–water partition coefficient (Wildman–Crippen LogP) is 0.561. The molecular weight excluding hydrogens is 248 g/mol. The van der Waals surface area contributed by atoms with Crippen LogP contribution in [0.15, 0.2) is 18.2 Å². The highest BCUT2D eigenvalue weighted by molar-refractivity contribution is 5.98. The Kier molecular flexibility index (Phi) is 4.24. The summed E-state index contributed by atoms with van der Waals surface area (Å²) in [6, 6.07) is 5.10. The molecule has 1 aromatic rings.